The normalized spacial score (nSPS) is 29.6. The van der Waals surface area contributed by atoms with E-state index in [1.54, 1.807) is 0 Å². The van der Waals surface area contributed by atoms with Crippen LogP contribution >= 0.6 is 0 Å². The van der Waals surface area contributed by atoms with E-state index in [4.69, 9.17) is 42.6 Å². The molecule has 50 heavy (non-hydrogen) atoms. The first kappa shape index (κ1) is 40.8. The van der Waals surface area contributed by atoms with Crippen LogP contribution < -0.4 is 0 Å². The number of ether oxygens (including phenoxy) is 9. The monoisotopic (exact) mass is 725 g/mol. The maximum Gasteiger partial charge on any atom is 0.303 e. The predicted molar refractivity (Wildman–Crippen MR) is 175 cm³/mol. The number of benzene rings is 1. The Bertz CT molecular complexity index is 1340. The van der Waals surface area contributed by atoms with Crippen LogP contribution in [0.2, 0.25) is 25.7 Å². The Hall–Kier alpha value is -3.61. The third-order valence-corrected chi connectivity index (χ3v) is 9.34. The first-order chi connectivity index (χ1) is 23.6. The van der Waals surface area contributed by atoms with Crippen molar-refractivity contribution in [3.05, 3.63) is 46.3 Å². The van der Waals surface area contributed by atoms with Crippen molar-refractivity contribution in [3.63, 3.8) is 0 Å². The molecule has 278 valence electrons. The lowest BCUT2D eigenvalue weighted by Crippen LogP contribution is -2.66. The van der Waals surface area contributed by atoms with Crippen LogP contribution in [0.1, 0.15) is 33.3 Å². The quantitative estimate of drug-likeness (QED) is 0.0647. The lowest BCUT2D eigenvalue weighted by molar-refractivity contribution is -0.348. The van der Waals surface area contributed by atoms with Gasteiger partial charge in [0, 0.05) is 47.3 Å². The molecule has 18 heteroatoms. The fourth-order valence-corrected chi connectivity index (χ4v) is 6.15. The van der Waals surface area contributed by atoms with Crippen LogP contribution in [0.5, 0.6) is 0 Å². The number of carbonyl (C=O) groups is 4. The zero-order valence-electron chi connectivity index (χ0n) is 29.3. The van der Waals surface area contributed by atoms with Gasteiger partial charge in [-0.1, -0.05) is 55.1 Å². The molecular formula is C32H47N3O14Si. The SMILES string of the molecule is CC(=O)OC[C@H]1O[C@@H](O[C@@H]2[C@@H](N=[N+]=[N-])[C@@H](OCC[Si](C)(C)C)O[C@H](CO)[C@@H]2OCc2ccccc2)[C@H](OC(C)=O)[C@@H](OC(C)=O)[C@H]1OC(C)=O. The van der Waals surface area contributed by atoms with Gasteiger partial charge >= 0.3 is 23.9 Å². The molecular weight excluding hydrogens is 678 g/mol. The third kappa shape index (κ3) is 12.3. The van der Waals surface area contributed by atoms with E-state index in [-0.39, 0.29) is 13.2 Å². The molecule has 2 heterocycles. The van der Waals surface area contributed by atoms with E-state index in [1.807, 2.05) is 30.3 Å². The number of aliphatic hydroxyl groups is 1. The number of esters is 4. The molecule has 0 bridgehead atoms. The van der Waals surface area contributed by atoms with E-state index >= 15 is 0 Å². The Labute approximate surface area is 291 Å². The van der Waals surface area contributed by atoms with Crippen LogP contribution in [-0.2, 0) is 68.4 Å². The zero-order chi connectivity index (χ0) is 37.0. The standard InChI is InChI=1S/C32H47N3O14Si/c1-18(37)42-17-24-27(44-19(2)38)29(45-20(3)39)30(46-21(4)40)32(48-24)49-28-25(34-35-33)31(41-13-14-50(5,6)7)47-23(15-36)26(28)43-16-22-11-9-8-10-12-22/h8-12,23-32,36H,13-17H2,1-7H3/t23-,24-,25-,26+,27+,28-,29+,30-,31+,32+/m1/s1. The Kier molecular flexibility index (Phi) is 15.6. The van der Waals surface area contributed by atoms with Crippen LogP contribution in [0, 0.1) is 0 Å². The molecule has 1 aromatic rings. The summed E-state index contributed by atoms with van der Waals surface area (Å²) in [5.74, 6) is -3.14. The molecule has 0 aromatic heterocycles. The highest BCUT2D eigenvalue weighted by molar-refractivity contribution is 6.76. The van der Waals surface area contributed by atoms with Gasteiger partial charge < -0.3 is 47.7 Å². The van der Waals surface area contributed by atoms with Crippen LogP contribution in [-0.4, -0.2) is 118 Å². The van der Waals surface area contributed by atoms with Gasteiger partial charge in [0.15, 0.2) is 30.9 Å². The molecule has 0 saturated carbocycles. The highest BCUT2D eigenvalue weighted by atomic mass is 28.3. The molecule has 0 aliphatic carbocycles. The largest absolute Gasteiger partial charge is 0.463 e. The molecule has 0 radical (unpaired) electrons. The number of hydrogen-bond acceptors (Lipinski definition) is 15. The Morgan fingerprint density at radius 1 is 0.800 bits per heavy atom. The number of azide groups is 1. The van der Waals surface area contributed by atoms with Crippen LogP contribution in [0.25, 0.3) is 10.4 Å². The second-order valence-electron chi connectivity index (χ2n) is 13.0. The third-order valence-electron chi connectivity index (χ3n) is 7.64. The van der Waals surface area contributed by atoms with Gasteiger partial charge in [-0.05, 0) is 17.1 Å². The molecule has 3 rings (SSSR count). The summed E-state index contributed by atoms with van der Waals surface area (Å²) in [7, 11) is -1.58. The number of nitrogens with zero attached hydrogens (tertiary/aromatic N) is 3. The van der Waals surface area contributed by atoms with E-state index < -0.39 is 107 Å². The second kappa shape index (κ2) is 19.1. The molecule has 0 unspecified atom stereocenters. The smallest absolute Gasteiger partial charge is 0.303 e. The van der Waals surface area contributed by atoms with E-state index in [9.17, 15) is 29.8 Å². The van der Waals surface area contributed by atoms with E-state index in [2.05, 4.69) is 29.7 Å². The molecule has 2 aliphatic heterocycles. The number of carbonyl (C=O) groups excluding carboxylic acids is 4. The highest BCUT2D eigenvalue weighted by Gasteiger charge is 2.56. The first-order valence-corrected chi connectivity index (χ1v) is 19.9. The summed E-state index contributed by atoms with van der Waals surface area (Å²) in [6.07, 6.45) is -12.2. The maximum atomic E-state index is 12.4. The number of aliphatic hydroxyl groups excluding tert-OH is 1. The Balaban J connectivity index is 2.12. The van der Waals surface area contributed by atoms with Gasteiger partial charge in [-0.15, -0.1) is 0 Å². The Morgan fingerprint density at radius 2 is 1.40 bits per heavy atom. The highest BCUT2D eigenvalue weighted by Crippen LogP contribution is 2.36. The van der Waals surface area contributed by atoms with E-state index in [0.29, 0.717) is 0 Å². The summed E-state index contributed by atoms with van der Waals surface area (Å²) >= 11 is 0. The summed E-state index contributed by atoms with van der Waals surface area (Å²) in [5, 5.41) is 14.5. The molecule has 0 amide bonds. The lowest BCUT2D eigenvalue weighted by atomic mass is 9.95. The van der Waals surface area contributed by atoms with Gasteiger partial charge in [-0.2, -0.15) is 0 Å². The number of hydrogen-bond donors (Lipinski definition) is 1. The second-order valence-corrected chi connectivity index (χ2v) is 18.7. The van der Waals surface area contributed by atoms with Gasteiger partial charge in [-0.3, -0.25) is 19.2 Å². The summed E-state index contributed by atoms with van der Waals surface area (Å²) in [6, 6.07) is 8.59. The number of rotatable bonds is 16. The topological polar surface area (TPSA) is 220 Å². The minimum absolute atomic E-state index is 0.0218. The van der Waals surface area contributed by atoms with Crippen molar-refractivity contribution in [2.24, 2.45) is 5.11 Å². The van der Waals surface area contributed by atoms with Crippen LogP contribution in [0.3, 0.4) is 0 Å². The molecule has 0 spiro atoms. The van der Waals surface area contributed by atoms with Crippen LogP contribution in [0.4, 0.5) is 0 Å². The summed E-state index contributed by atoms with van der Waals surface area (Å²) in [6.45, 7) is 10.1. The minimum atomic E-state index is -1.64. The van der Waals surface area contributed by atoms with Gasteiger partial charge in [0.25, 0.3) is 0 Å². The van der Waals surface area contributed by atoms with Gasteiger partial charge in [0.05, 0.1) is 13.2 Å². The van der Waals surface area contributed by atoms with Gasteiger partial charge in [-0.25, -0.2) is 0 Å². The van der Waals surface area contributed by atoms with Gasteiger partial charge in [0.1, 0.15) is 37.1 Å². The van der Waals surface area contributed by atoms with Crippen molar-refractivity contribution in [3.8, 4) is 0 Å². The van der Waals surface area contributed by atoms with Crippen LogP contribution in [0.15, 0.2) is 35.4 Å². The zero-order valence-corrected chi connectivity index (χ0v) is 30.3. The van der Waals surface area contributed by atoms with Crippen molar-refractivity contribution in [2.45, 2.75) is 121 Å². The molecule has 1 N–H and O–H groups in total. The molecule has 2 fully saturated rings. The van der Waals surface area contributed by atoms with Crippen molar-refractivity contribution >= 4 is 32.0 Å². The van der Waals surface area contributed by atoms with Crippen molar-refractivity contribution < 1.29 is 66.9 Å². The van der Waals surface area contributed by atoms with E-state index in [1.165, 1.54) is 0 Å². The minimum Gasteiger partial charge on any atom is -0.463 e. The average Bonchev–Trinajstić information content (AvgIpc) is 3.02. The summed E-state index contributed by atoms with van der Waals surface area (Å²) in [5.41, 5.74) is 10.4. The summed E-state index contributed by atoms with van der Waals surface area (Å²) in [4.78, 5) is 51.8. The van der Waals surface area contributed by atoms with Crippen molar-refractivity contribution in [1.29, 1.82) is 0 Å². The molecule has 10 atom stereocenters. The van der Waals surface area contributed by atoms with Crippen molar-refractivity contribution in [1.82, 2.24) is 0 Å². The summed E-state index contributed by atoms with van der Waals surface area (Å²) < 4.78 is 52.9. The molecule has 1 aromatic carbocycles. The van der Waals surface area contributed by atoms with Gasteiger partial charge in [0.2, 0.25) is 0 Å². The fraction of sp³-hybridized carbons (Fsp3) is 0.688. The fourth-order valence-electron chi connectivity index (χ4n) is 5.42. The molecule has 2 aliphatic rings. The molecule has 2 saturated heterocycles. The molecule has 17 nitrogen and oxygen atoms in total. The van der Waals surface area contributed by atoms with E-state index in [0.717, 1.165) is 39.3 Å². The first-order valence-electron chi connectivity index (χ1n) is 16.2. The Morgan fingerprint density at radius 3 is 1.96 bits per heavy atom. The maximum absolute atomic E-state index is 12.4. The van der Waals surface area contributed by atoms with Crippen molar-refractivity contribution in [2.75, 3.05) is 19.8 Å². The lowest BCUT2D eigenvalue weighted by Gasteiger charge is -2.48. The predicted octanol–water partition coefficient (Wildman–Crippen LogP) is 2.79. The average molecular weight is 726 g/mol.